The topological polar surface area (TPSA) is 78.9 Å². The van der Waals surface area contributed by atoms with Crippen molar-refractivity contribution in [2.24, 2.45) is 23.7 Å². The summed E-state index contributed by atoms with van der Waals surface area (Å²) in [6.45, 7) is 0. The highest BCUT2D eigenvalue weighted by atomic mass is 32.2. The Hall–Kier alpha value is -1.04. The van der Waals surface area contributed by atoms with Crippen LogP contribution in [-0.4, -0.2) is 32.0 Å². The molecule has 0 aliphatic heterocycles. The van der Waals surface area contributed by atoms with E-state index >= 15 is 0 Å². The van der Waals surface area contributed by atoms with Crippen LogP contribution in [0.15, 0.2) is 5.16 Å². The Morgan fingerprint density at radius 1 is 1.20 bits per heavy atom. The highest BCUT2D eigenvalue weighted by Gasteiger charge is 2.49. The fraction of sp³-hybridized carbons (Fsp3) is 0.786. The quantitative estimate of drug-likeness (QED) is 0.834. The molecule has 5 nitrogen and oxygen atoms in total. The number of rotatable bonds is 4. The van der Waals surface area contributed by atoms with Gasteiger partial charge >= 0.3 is 5.97 Å². The first-order valence-corrected chi connectivity index (χ1v) is 8.44. The van der Waals surface area contributed by atoms with Crippen LogP contribution in [0.1, 0.15) is 43.8 Å². The van der Waals surface area contributed by atoms with Crippen molar-refractivity contribution in [1.29, 1.82) is 0 Å². The van der Waals surface area contributed by atoms with Crippen LogP contribution in [0.2, 0.25) is 0 Å². The van der Waals surface area contributed by atoms with Crippen molar-refractivity contribution >= 4 is 17.7 Å². The van der Waals surface area contributed by atoms with Gasteiger partial charge in [-0.3, -0.25) is 9.89 Å². The van der Waals surface area contributed by atoms with E-state index in [0.717, 1.165) is 29.5 Å². The van der Waals surface area contributed by atoms with Gasteiger partial charge in [-0.25, -0.2) is 4.98 Å². The van der Waals surface area contributed by atoms with Crippen LogP contribution < -0.4 is 0 Å². The van der Waals surface area contributed by atoms with Gasteiger partial charge in [-0.15, -0.1) is 5.10 Å². The van der Waals surface area contributed by atoms with Gasteiger partial charge < -0.3 is 5.11 Å². The molecule has 1 aromatic heterocycles. The number of carboxylic acids is 1. The summed E-state index contributed by atoms with van der Waals surface area (Å²) in [6, 6.07) is 0. The third kappa shape index (κ3) is 2.14. The molecule has 1 aromatic rings. The van der Waals surface area contributed by atoms with E-state index in [9.17, 15) is 4.79 Å². The lowest BCUT2D eigenvalue weighted by molar-refractivity contribution is -0.133. The van der Waals surface area contributed by atoms with Gasteiger partial charge in [0.1, 0.15) is 5.82 Å². The number of nitrogens with one attached hydrogen (secondary N) is 1. The van der Waals surface area contributed by atoms with Crippen LogP contribution in [0.3, 0.4) is 0 Å². The SMILES string of the molecule is O=C(O)CSc1n[nH]c(C2C3CC4CC(C3)CC2C4)n1. The van der Waals surface area contributed by atoms with Gasteiger partial charge in [0.2, 0.25) is 5.16 Å². The Kier molecular flexibility index (Phi) is 3.02. The van der Waals surface area contributed by atoms with Crippen molar-refractivity contribution in [3.63, 3.8) is 0 Å². The third-order valence-electron chi connectivity index (χ3n) is 5.35. The Morgan fingerprint density at radius 2 is 1.85 bits per heavy atom. The van der Waals surface area contributed by atoms with Crippen molar-refractivity contribution in [2.45, 2.75) is 43.2 Å². The van der Waals surface area contributed by atoms with E-state index in [-0.39, 0.29) is 5.75 Å². The number of aliphatic carboxylic acids is 1. The van der Waals surface area contributed by atoms with Crippen LogP contribution in [-0.2, 0) is 4.79 Å². The molecule has 6 heteroatoms. The number of aromatic amines is 1. The molecule has 108 valence electrons. The molecule has 0 saturated heterocycles. The van der Waals surface area contributed by atoms with E-state index in [1.807, 2.05) is 0 Å². The zero-order valence-corrected chi connectivity index (χ0v) is 12.1. The molecule has 0 amide bonds. The minimum absolute atomic E-state index is 0.0268. The second-order valence-corrected chi connectivity index (χ2v) is 7.58. The van der Waals surface area contributed by atoms with E-state index in [2.05, 4.69) is 15.2 Å². The molecule has 4 bridgehead atoms. The smallest absolute Gasteiger partial charge is 0.313 e. The van der Waals surface area contributed by atoms with Gasteiger partial charge in [0.15, 0.2) is 0 Å². The highest BCUT2D eigenvalue weighted by molar-refractivity contribution is 7.99. The second kappa shape index (κ2) is 4.76. The summed E-state index contributed by atoms with van der Waals surface area (Å²) in [6.07, 6.45) is 6.88. The lowest BCUT2D eigenvalue weighted by atomic mass is 9.52. The standard InChI is InChI=1S/C14H19N3O2S/c18-11(19)6-20-14-15-13(16-17-14)12-9-2-7-1-8(4-9)5-10(12)3-7/h7-10,12H,1-6H2,(H,18,19)(H,15,16,17). The molecule has 5 rings (SSSR count). The Bertz CT molecular complexity index is 502. The van der Waals surface area contributed by atoms with Gasteiger partial charge in [0.25, 0.3) is 0 Å². The van der Waals surface area contributed by atoms with E-state index in [0.29, 0.717) is 11.1 Å². The number of carboxylic acid groups (broad SMARTS) is 1. The predicted octanol–water partition coefficient (Wildman–Crippen LogP) is 2.52. The molecule has 4 fully saturated rings. The van der Waals surface area contributed by atoms with Gasteiger partial charge in [-0.05, 0) is 55.8 Å². The zero-order valence-electron chi connectivity index (χ0n) is 11.3. The van der Waals surface area contributed by atoms with Crippen LogP contribution in [0.5, 0.6) is 0 Å². The molecule has 0 radical (unpaired) electrons. The number of H-pyrrole nitrogens is 1. The molecule has 4 aliphatic rings. The van der Waals surface area contributed by atoms with Gasteiger partial charge in [-0.2, -0.15) is 0 Å². The molecule has 2 N–H and O–H groups in total. The van der Waals surface area contributed by atoms with Crippen molar-refractivity contribution in [3.05, 3.63) is 5.82 Å². The van der Waals surface area contributed by atoms with Crippen molar-refractivity contribution in [2.75, 3.05) is 5.75 Å². The van der Waals surface area contributed by atoms with Gasteiger partial charge in [0.05, 0.1) is 5.75 Å². The second-order valence-electron chi connectivity index (χ2n) is 6.64. The van der Waals surface area contributed by atoms with Gasteiger partial charge in [0, 0.05) is 5.92 Å². The summed E-state index contributed by atoms with van der Waals surface area (Å²) in [5.41, 5.74) is 0. The minimum atomic E-state index is -0.823. The highest BCUT2D eigenvalue weighted by Crippen LogP contribution is 2.59. The Balaban J connectivity index is 1.51. The number of hydrogen-bond donors (Lipinski definition) is 2. The summed E-state index contributed by atoms with van der Waals surface area (Å²) in [5.74, 6) is 4.21. The first-order valence-electron chi connectivity index (χ1n) is 7.46. The predicted molar refractivity (Wildman–Crippen MR) is 74.5 cm³/mol. The van der Waals surface area contributed by atoms with Crippen LogP contribution >= 0.6 is 11.8 Å². The molecule has 4 saturated carbocycles. The maximum absolute atomic E-state index is 10.6. The van der Waals surface area contributed by atoms with Crippen molar-refractivity contribution < 1.29 is 9.90 Å². The maximum Gasteiger partial charge on any atom is 0.313 e. The molecular weight excluding hydrogens is 274 g/mol. The maximum atomic E-state index is 10.6. The molecule has 20 heavy (non-hydrogen) atoms. The summed E-state index contributed by atoms with van der Waals surface area (Å²) in [7, 11) is 0. The van der Waals surface area contributed by atoms with Crippen LogP contribution in [0.4, 0.5) is 0 Å². The molecule has 0 spiro atoms. The Morgan fingerprint density at radius 3 is 2.45 bits per heavy atom. The number of nitrogens with zero attached hydrogens (tertiary/aromatic N) is 2. The molecule has 0 atom stereocenters. The van der Waals surface area contributed by atoms with Crippen molar-refractivity contribution in [3.8, 4) is 0 Å². The first-order chi connectivity index (χ1) is 9.69. The molecule has 0 unspecified atom stereocenters. The van der Waals surface area contributed by atoms with E-state index in [1.165, 1.54) is 43.9 Å². The minimum Gasteiger partial charge on any atom is -0.481 e. The average molecular weight is 293 g/mol. The van der Waals surface area contributed by atoms with Crippen LogP contribution in [0, 0.1) is 23.7 Å². The number of hydrogen-bond acceptors (Lipinski definition) is 4. The molecule has 1 heterocycles. The largest absolute Gasteiger partial charge is 0.481 e. The fourth-order valence-electron chi connectivity index (χ4n) is 4.97. The monoisotopic (exact) mass is 293 g/mol. The van der Waals surface area contributed by atoms with E-state index < -0.39 is 5.97 Å². The molecular formula is C14H19N3O2S. The lowest BCUT2D eigenvalue weighted by Crippen LogP contribution is -2.44. The summed E-state index contributed by atoms with van der Waals surface area (Å²) < 4.78 is 0. The summed E-state index contributed by atoms with van der Waals surface area (Å²) in [4.78, 5) is 15.2. The normalized spacial score (nSPS) is 38.3. The number of aromatic nitrogens is 3. The van der Waals surface area contributed by atoms with Crippen molar-refractivity contribution in [1.82, 2.24) is 15.2 Å². The lowest BCUT2D eigenvalue weighted by Gasteiger charge is -2.53. The molecule has 0 aromatic carbocycles. The zero-order chi connectivity index (χ0) is 13.7. The third-order valence-corrected chi connectivity index (χ3v) is 6.18. The van der Waals surface area contributed by atoms with E-state index in [4.69, 9.17) is 5.11 Å². The van der Waals surface area contributed by atoms with Gasteiger partial charge in [-0.1, -0.05) is 11.8 Å². The fourth-order valence-corrected chi connectivity index (χ4v) is 5.50. The molecule has 4 aliphatic carbocycles. The first kappa shape index (κ1) is 12.7. The Labute approximate surface area is 121 Å². The summed E-state index contributed by atoms with van der Waals surface area (Å²) in [5, 5.41) is 16.6. The number of carbonyl (C=O) groups is 1. The van der Waals surface area contributed by atoms with Crippen LogP contribution in [0.25, 0.3) is 0 Å². The summed E-state index contributed by atoms with van der Waals surface area (Å²) >= 11 is 1.20. The van der Waals surface area contributed by atoms with E-state index in [1.54, 1.807) is 0 Å². The average Bonchev–Trinajstić information content (AvgIpc) is 2.83. The number of thioether (sulfide) groups is 1.